The number of thiazole rings is 2. The number of aromatic nitrogens is 3. The van der Waals surface area contributed by atoms with Crippen molar-refractivity contribution in [3.8, 4) is 5.75 Å². The van der Waals surface area contributed by atoms with Gasteiger partial charge in [-0.3, -0.25) is 19.5 Å². The van der Waals surface area contributed by atoms with Gasteiger partial charge >= 0.3 is 11.9 Å². The molecular formula is C61H49N7O8S4. The molecule has 0 aliphatic carbocycles. The van der Waals surface area contributed by atoms with Crippen LogP contribution in [0.1, 0.15) is 45.2 Å². The molecule has 15 nitrogen and oxygen atoms in total. The number of rotatable bonds is 21. The minimum Gasteiger partial charge on any atom is -0.497 e. The second-order valence-corrected chi connectivity index (χ2v) is 22.5. The Morgan fingerprint density at radius 1 is 0.787 bits per heavy atom. The predicted octanol–water partition coefficient (Wildman–Crippen LogP) is 10.8. The lowest BCUT2D eigenvalue weighted by Crippen LogP contribution is -2.71. The van der Waals surface area contributed by atoms with Crippen molar-refractivity contribution in [2.45, 2.75) is 34.0 Å². The summed E-state index contributed by atoms with van der Waals surface area (Å²) in [6.45, 7) is -0.727. The fourth-order valence-electron chi connectivity index (χ4n) is 9.39. The SMILES string of the molecule is COc1ccc(COC(=O)C2=C(CSc3nc4ccncc4s3)CS[C@@H]3C(NC(=O)/C(=N\OCC(=O)OC(c4ccccc4)c4ccccc4)c4csc(NC(c5ccccc5)(c5ccccc5)c5ccccc5)n4)C(=O)N23)cc1. The van der Waals surface area contributed by atoms with Gasteiger partial charge in [0.05, 0.1) is 17.3 Å². The van der Waals surface area contributed by atoms with E-state index in [9.17, 15) is 19.2 Å². The third-order valence-electron chi connectivity index (χ3n) is 13.3. The smallest absolute Gasteiger partial charge is 0.355 e. The van der Waals surface area contributed by atoms with Crippen LogP contribution >= 0.6 is 46.2 Å². The van der Waals surface area contributed by atoms with E-state index in [4.69, 9.17) is 29.0 Å². The fourth-order valence-corrected chi connectivity index (χ4v) is 13.7. The van der Waals surface area contributed by atoms with Crippen LogP contribution in [0.5, 0.6) is 5.75 Å². The Morgan fingerprint density at radius 3 is 2.00 bits per heavy atom. The van der Waals surface area contributed by atoms with Crippen molar-refractivity contribution in [2.24, 2.45) is 5.16 Å². The maximum atomic E-state index is 14.9. The van der Waals surface area contributed by atoms with E-state index in [1.807, 2.05) is 158 Å². The van der Waals surface area contributed by atoms with Crippen LogP contribution in [0, 0.1) is 0 Å². The number of fused-ring (bicyclic) bond motifs is 2. The molecule has 3 aromatic heterocycles. The number of thioether (sulfide) groups is 2. The van der Waals surface area contributed by atoms with E-state index in [2.05, 4.69) is 20.8 Å². The van der Waals surface area contributed by atoms with Gasteiger partial charge in [-0.2, -0.15) is 0 Å². The van der Waals surface area contributed by atoms with Gasteiger partial charge in [-0.05, 0) is 57.2 Å². The number of pyridine rings is 1. The number of amides is 2. The Morgan fingerprint density at radius 2 is 1.40 bits per heavy atom. The third-order valence-corrected chi connectivity index (χ3v) is 17.6. The summed E-state index contributed by atoms with van der Waals surface area (Å²) >= 11 is 5.58. The van der Waals surface area contributed by atoms with Gasteiger partial charge < -0.3 is 29.7 Å². The molecule has 19 heteroatoms. The summed E-state index contributed by atoms with van der Waals surface area (Å²) in [5.74, 6) is -1.43. The van der Waals surface area contributed by atoms with Crippen molar-refractivity contribution in [1.82, 2.24) is 25.2 Å². The van der Waals surface area contributed by atoms with Crippen molar-refractivity contribution in [2.75, 3.05) is 30.5 Å². The van der Waals surface area contributed by atoms with Gasteiger partial charge in [-0.25, -0.2) is 19.6 Å². The van der Waals surface area contributed by atoms with Crippen LogP contribution in [0.15, 0.2) is 221 Å². The van der Waals surface area contributed by atoms with Gasteiger partial charge in [0.1, 0.15) is 40.7 Å². The van der Waals surface area contributed by atoms with E-state index < -0.39 is 53.4 Å². The Bertz CT molecular complexity index is 3530. The largest absolute Gasteiger partial charge is 0.497 e. The lowest BCUT2D eigenvalue weighted by molar-refractivity contribution is -0.153. The van der Waals surface area contributed by atoms with E-state index in [0.29, 0.717) is 28.0 Å². The Balaban J connectivity index is 0.885. The van der Waals surface area contributed by atoms with E-state index in [1.165, 1.54) is 51.1 Å². The van der Waals surface area contributed by atoms with Crippen molar-refractivity contribution in [3.63, 3.8) is 0 Å². The molecule has 9 aromatic rings. The molecule has 0 radical (unpaired) electrons. The van der Waals surface area contributed by atoms with Crippen LogP contribution < -0.4 is 15.4 Å². The Kier molecular flexibility index (Phi) is 16.4. The van der Waals surface area contributed by atoms with Gasteiger partial charge in [0.25, 0.3) is 11.8 Å². The molecule has 2 aliphatic heterocycles. The number of nitrogens with zero attached hydrogens (tertiary/aromatic N) is 5. The molecule has 0 saturated carbocycles. The summed E-state index contributed by atoms with van der Waals surface area (Å²) in [4.78, 5) is 78.4. The molecule has 80 heavy (non-hydrogen) atoms. The van der Waals surface area contributed by atoms with Gasteiger partial charge in [0.2, 0.25) is 6.61 Å². The molecule has 2 N–H and O–H groups in total. The molecule has 0 bridgehead atoms. The number of methoxy groups -OCH3 is 1. The summed E-state index contributed by atoms with van der Waals surface area (Å²) < 4.78 is 18.9. The molecule has 2 aliphatic rings. The minimum atomic E-state index is -1.10. The lowest BCUT2D eigenvalue weighted by Gasteiger charge is -2.49. The lowest BCUT2D eigenvalue weighted by atomic mass is 9.77. The first kappa shape index (κ1) is 53.4. The number of nitrogens with one attached hydrogen (secondary N) is 2. The summed E-state index contributed by atoms with van der Waals surface area (Å²) in [6, 6.07) is 56.5. The zero-order valence-corrected chi connectivity index (χ0v) is 46.0. The van der Waals surface area contributed by atoms with Crippen molar-refractivity contribution in [1.29, 1.82) is 0 Å². The topological polar surface area (TPSA) is 184 Å². The van der Waals surface area contributed by atoms with Gasteiger partial charge in [-0.15, -0.1) is 34.4 Å². The highest BCUT2D eigenvalue weighted by Crippen LogP contribution is 2.44. The van der Waals surface area contributed by atoms with E-state index in [-0.39, 0.29) is 23.7 Å². The van der Waals surface area contributed by atoms with Crippen LogP contribution in [0.4, 0.5) is 5.13 Å². The molecular weight excluding hydrogens is 1090 g/mol. The first-order valence-corrected chi connectivity index (χ1v) is 29.0. The summed E-state index contributed by atoms with van der Waals surface area (Å²) in [5, 5.41) is 12.3. The minimum absolute atomic E-state index is 0.0577. The average Bonchev–Trinajstić information content (AvgIpc) is 4.30. The highest BCUT2D eigenvalue weighted by atomic mass is 32.2. The number of carbonyl (C=O) groups is 4. The zero-order chi connectivity index (χ0) is 54.8. The van der Waals surface area contributed by atoms with E-state index in [1.54, 1.807) is 49.1 Å². The summed E-state index contributed by atoms with van der Waals surface area (Å²) in [6.07, 6.45) is 2.69. The number of carbonyl (C=O) groups excluding carboxylic acids is 4. The van der Waals surface area contributed by atoms with Crippen molar-refractivity contribution >= 4 is 91.0 Å². The summed E-state index contributed by atoms with van der Waals surface area (Å²) in [7, 11) is 1.57. The molecule has 5 heterocycles. The molecule has 2 amide bonds. The van der Waals surface area contributed by atoms with Crippen LogP contribution in [-0.4, -0.2) is 86.0 Å². The van der Waals surface area contributed by atoms with Crippen LogP contribution in [0.2, 0.25) is 0 Å². The first-order valence-electron chi connectivity index (χ1n) is 25.3. The number of β-lactam (4-membered cyclic amide) rings is 1. The Labute approximate surface area is 477 Å². The van der Waals surface area contributed by atoms with Crippen molar-refractivity contribution < 1.29 is 38.2 Å². The summed E-state index contributed by atoms with van der Waals surface area (Å²) in [5.41, 5.74) is 5.44. The second-order valence-electron chi connectivity index (χ2n) is 18.3. The van der Waals surface area contributed by atoms with Crippen LogP contribution in [0.25, 0.3) is 10.2 Å². The molecule has 1 saturated heterocycles. The normalized spacial score (nSPS) is 15.2. The number of esters is 2. The molecule has 1 unspecified atom stereocenters. The average molecular weight is 1140 g/mol. The maximum absolute atomic E-state index is 14.9. The molecule has 1 fully saturated rings. The Hall–Kier alpha value is -8.62. The monoisotopic (exact) mass is 1140 g/mol. The second kappa shape index (κ2) is 24.6. The molecule has 0 spiro atoms. The van der Waals surface area contributed by atoms with Crippen LogP contribution in [-0.2, 0) is 45.6 Å². The number of benzene rings is 6. The van der Waals surface area contributed by atoms with Crippen LogP contribution in [0.3, 0.4) is 0 Å². The molecule has 11 rings (SSSR count). The predicted molar refractivity (Wildman–Crippen MR) is 311 cm³/mol. The van der Waals surface area contributed by atoms with E-state index in [0.717, 1.165) is 47.9 Å². The van der Waals surface area contributed by atoms with Crippen molar-refractivity contribution in [3.05, 3.63) is 250 Å². The standard InChI is InChI=1S/C61H49N7O8S4/c1-73-46-29-27-39(28-30-46)34-74-58(72)53-42(37-79-60-64-47-31-32-62-33-49(47)80-60)36-77-57-52(56(71)68(53)57)65-55(70)51(67-75-35-50(69)76-54(40-17-7-2-8-18-40)41-19-9-3-10-20-41)48-38-78-59(63-48)66-61(43-21-11-4-12-22-43,44-23-13-5-14-24-44)45-25-15-6-16-26-45/h2-33,38,52,54,57H,34-37H2,1H3,(H,63,66)(H,65,70)/b67-51-/t52?,57-/m1/s1. The molecule has 2 atom stereocenters. The first-order chi connectivity index (χ1) is 39.2. The molecule has 400 valence electrons. The zero-order valence-electron chi connectivity index (χ0n) is 42.7. The quantitative estimate of drug-likeness (QED) is 0.0173. The van der Waals surface area contributed by atoms with Gasteiger partial charge in [0.15, 0.2) is 21.3 Å². The number of ether oxygens (including phenoxy) is 3. The van der Waals surface area contributed by atoms with E-state index >= 15 is 0 Å². The van der Waals surface area contributed by atoms with Gasteiger partial charge in [-0.1, -0.05) is 181 Å². The van der Waals surface area contributed by atoms with Gasteiger partial charge in [0, 0.05) is 29.3 Å². The number of oxime groups is 1. The molecule has 6 aromatic carbocycles. The third kappa shape index (κ3) is 11.6. The number of hydrogen-bond donors (Lipinski definition) is 2. The highest BCUT2D eigenvalue weighted by Gasteiger charge is 2.55. The number of anilines is 1. The fraction of sp³-hybridized carbons (Fsp3) is 0.148. The number of hydrogen-bond acceptors (Lipinski definition) is 17. The highest BCUT2D eigenvalue weighted by molar-refractivity contribution is 8.02. The maximum Gasteiger partial charge on any atom is 0.355 e.